The Kier molecular flexibility index (Phi) is 5.58. The highest BCUT2D eigenvalue weighted by Crippen LogP contribution is 2.25. The Labute approximate surface area is 132 Å². The lowest BCUT2D eigenvalue weighted by atomic mass is 9.98. The third-order valence-electron chi connectivity index (χ3n) is 3.18. The van der Waals surface area contributed by atoms with Gasteiger partial charge in [-0.15, -0.1) is 0 Å². The van der Waals surface area contributed by atoms with Crippen LogP contribution in [0.4, 0.5) is 4.39 Å². The van der Waals surface area contributed by atoms with Gasteiger partial charge in [0.1, 0.15) is 5.82 Å². The van der Waals surface area contributed by atoms with Crippen molar-refractivity contribution in [1.29, 1.82) is 0 Å². The molecule has 4 heteroatoms. The van der Waals surface area contributed by atoms with E-state index in [1.165, 1.54) is 0 Å². The van der Waals surface area contributed by atoms with E-state index >= 15 is 0 Å². The van der Waals surface area contributed by atoms with Gasteiger partial charge in [0, 0.05) is 10.5 Å². The molecule has 1 atom stereocenters. The number of likely N-dealkylation sites (N-methyl/N-ethyl adjacent to an activating group) is 1. The third-order valence-corrected chi connectivity index (χ3v) is 4.00. The summed E-state index contributed by atoms with van der Waals surface area (Å²) in [5.41, 5.74) is 1.76. The normalized spacial score (nSPS) is 12.4. The van der Waals surface area contributed by atoms with Crippen LogP contribution >= 0.6 is 27.5 Å². The van der Waals surface area contributed by atoms with Crippen molar-refractivity contribution in [2.24, 2.45) is 0 Å². The van der Waals surface area contributed by atoms with E-state index in [0.717, 1.165) is 16.6 Å². The van der Waals surface area contributed by atoms with Gasteiger partial charge in [-0.25, -0.2) is 4.39 Å². The SMILES string of the molecule is CCNC(Cc1cccc(Cl)c1F)c1ccc(Br)cc1. The zero-order chi connectivity index (χ0) is 14.5. The Balaban J connectivity index is 2.25. The maximum Gasteiger partial charge on any atom is 0.145 e. The summed E-state index contributed by atoms with van der Waals surface area (Å²) in [5, 5.41) is 3.56. The van der Waals surface area contributed by atoms with E-state index in [9.17, 15) is 4.39 Å². The van der Waals surface area contributed by atoms with Crippen LogP contribution in [0.3, 0.4) is 0 Å². The van der Waals surface area contributed by atoms with Gasteiger partial charge in [0.2, 0.25) is 0 Å². The molecule has 0 radical (unpaired) electrons. The van der Waals surface area contributed by atoms with Crippen LogP contribution in [0, 0.1) is 5.82 Å². The molecule has 1 unspecified atom stereocenters. The van der Waals surface area contributed by atoms with E-state index < -0.39 is 0 Å². The number of benzene rings is 2. The summed E-state index contributed by atoms with van der Waals surface area (Å²) in [6.07, 6.45) is 0.571. The van der Waals surface area contributed by atoms with Crippen LogP contribution in [0.15, 0.2) is 46.9 Å². The lowest BCUT2D eigenvalue weighted by Crippen LogP contribution is -2.23. The standard InChI is InChI=1S/C16H16BrClFN/c1-2-20-15(11-6-8-13(17)9-7-11)10-12-4-3-5-14(18)16(12)19/h3-9,15,20H,2,10H2,1H3. The Morgan fingerprint density at radius 3 is 2.55 bits per heavy atom. The summed E-state index contributed by atoms with van der Waals surface area (Å²) in [5.74, 6) is -0.325. The molecular weight excluding hydrogens is 341 g/mol. The highest BCUT2D eigenvalue weighted by molar-refractivity contribution is 9.10. The van der Waals surface area contributed by atoms with Gasteiger partial charge in [0.15, 0.2) is 0 Å². The molecule has 0 amide bonds. The largest absolute Gasteiger partial charge is 0.310 e. The first-order chi connectivity index (χ1) is 9.61. The number of halogens is 3. The Morgan fingerprint density at radius 1 is 1.20 bits per heavy atom. The molecule has 20 heavy (non-hydrogen) atoms. The van der Waals surface area contributed by atoms with Crippen molar-refractivity contribution in [3.63, 3.8) is 0 Å². The summed E-state index contributed by atoms with van der Waals surface area (Å²) in [6, 6.07) is 13.3. The van der Waals surface area contributed by atoms with Gasteiger partial charge in [-0.1, -0.05) is 58.7 Å². The summed E-state index contributed by atoms with van der Waals surface area (Å²) < 4.78 is 15.0. The highest BCUT2D eigenvalue weighted by Gasteiger charge is 2.15. The van der Waals surface area contributed by atoms with E-state index in [2.05, 4.69) is 21.2 Å². The average molecular weight is 357 g/mol. The average Bonchev–Trinajstić information content (AvgIpc) is 2.44. The molecule has 2 aromatic rings. The summed E-state index contributed by atoms with van der Waals surface area (Å²) in [7, 11) is 0. The highest BCUT2D eigenvalue weighted by atomic mass is 79.9. The minimum absolute atomic E-state index is 0.0704. The molecular formula is C16H16BrClFN. The quantitative estimate of drug-likeness (QED) is 0.782. The maximum atomic E-state index is 14.0. The second-order valence-electron chi connectivity index (χ2n) is 4.58. The molecule has 0 fully saturated rings. The minimum atomic E-state index is -0.325. The molecule has 0 aliphatic rings. The molecule has 0 spiro atoms. The Hall–Kier alpha value is -0.900. The molecule has 0 aromatic heterocycles. The topological polar surface area (TPSA) is 12.0 Å². The smallest absolute Gasteiger partial charge is 0.145 e. The van der Waals surface area contributed by atoms with Gasteiger partial charge >= 0.3 is 0 Å². The summed E-state index contributed by atoms with van der Waals surface area (Å²) in [6.45, 7) is 2.86. The summed E-state index contributed by atoms with van der Waals surface area (Å²) in [4.78, 5) is 0. The number of hydrogen-bond acceptors (Lipinski definition) is 1. The zero-order valence-electron chi connectivity index (χ0n) is 11.2. The van der Waals surface area contributed by atoms with Crippen molar-refractivity contribution >= 4 is 27.5 Å². The van der Waals surface area contributed by atoms with Gasteiger partial charge in [-0.05, 0) is 42.3 Å². The Morgan fingerprint density at radius 2 is 1.90 bits per heavy atom. The second-order valence-corrected chi connectivity index (χ2v) is 5.90. The fraction of sp³-hybridized carbons (Fsp3) is 0.250. The van der Waals surface area contributed by atoms with E-state index in [-0.39, 0.29) is 16.9 Å². The Bertz CT molecular complexity index is 571. The molecule has 106 valence electrons. The first kappa shape index (κ1) is 15.5. The van der Waals surface area contributed by atoms with E-state index in [0.29, 0.717) is 12.0 Å². The molecule has 0 aliphatic heterocycles. The van der Waals surface area contributed by atoms with Gasteiger partial charge in [0.05, 0.1) is 5.02 Å². The minimum Gasteiger partial charge on any atom is -0.310 e. The van der Waals surface area contributed by atoms with Crippen molar-refractivity contribution in [3.8, 4) is 0 Å². The summed E-state index contributed by atoms with van der Waals surface area (Å²) >= 11 is 9.26. The van der Waals surface area contributed by atoms with Crippen LogP contribution in [0.2, 0.25) is 5.02 Å². The molecule has 0 saturated carbocycles. The molecule has 0 heterocycles. The lowest BCUT2D eigenvalue weighted by Gasteiger charge is -2.19. The van der Waals surface area contributed by atoms with Crippen LogP contribution in [0.25, 0.3) is 0 Å². The molecule has 0 bridgehead atoms. The predicted octanol–water partition coefficient (Wildman–Crippen LogP) is 5.13. The zero-order valence-corrected chi connectivity index (χ0v) is 13.5. The van der Waals surface area contributed by atoms with Crippen molar-refractivity contribution < 1.29 is 4.39 Å². The van der Waals surface area contributed by atoms with Crippen molar-refractivity contribution in [2.75, 3.05) is 6.54 Å². The number of rotatable bonds is 5. The number of hydrogen-bond donors (Lipinski definition) is 1. The molecule has 1 N–H and O–H groups in total. The molecule has 2 aromatic carbocycles. The fourth-order valence-electron chi connectivity index (χ4n) is 2.18. The fourth-order valence-corrected chi connectivity index (χ4v) is 2.63. The van der Waals surface area contributed by atoms with Crippen molar-refractivity contribution in [1.82, 2.24) is 5.32 Å². The predicted molar refractivity (Wildman–Crippen MR) is 85.7 cm³/mol. The van der Waals surface area contributed by atoms with Crippen LogP contribution in [-0.2, 0) is 6.42 Å². The van der Waals surface area contributed by atoms with Gasteiger partial charge in [0.25, 0.3) is 0 Å². The van der Waals surface area contributed by atoms with E-state index in [1.807, 2.05) is 31.2 Å². The number of nitrogens with one attached hydrogen (secondary N) is 1. The molecule has 2 rings (SSSR count). The first-order valence-corrected chi connectivity index (χ1v) is 7.70. The van der Waals surface area contributed by atoms with Crippen LogP contribution in [0.1, 0.15) is 24.1 Å². The molecule has 1 nitrogen and oxygen atoms in total. The van der Waals surface area contributed by atoms with Gasteiger partial charge < -0.3 is 5.32 Å². The van der Waals surface area contributed by atoms with Crippen LogP contribution in [0.5, 0.6) is 0 Å². The first-order valence-electron chi connectivity index (χ1n) is 6.53. The van der Waals surface area contributed by atoms with E-state index in [4.69, 9.17) is 11.6 Å². The van der Waals surface area contributed by atoms with E-state index in [1.54, 1.807) is 18.2 Å². The van der Waals surface area contributed by atoms with Crippen molar-refractivity contribution in [3.05, 3.63) is 68.9 Å². The van der Waals surface area contributed by atoms with Crippen LogP contribution < -0.4 is 5.32 Å². The maximum absolute atomic E-state index is 14.0. The monoisotopic (exact) mass is 355 g/mol. The lowest BCUT2D eigenvalue weighted by molar-refractivity contribution is 0.528. The van der Waals surface area contributed by atoms with Crippen molar-refractivity contribution in [2.45, 2.75) is 19.4 Å². The molecule has 0 aliphatic carbocycles. The second kappa shape index (κ2) is 7.21. The van der Waals surface area contributed by atoms with Gasteiger partial charge in [-0.3, -0.25) is 0 Å². The third kappa shape index (κ3) is 3.81. The van der Waals surface area contributed by atoms with Crippen LogP contribution in [-0.4, -0.2) is 6.54 Å². The molecule has 0 saturated heterocycles. The van der Waals surface area contributed by atoms with Gasteiger partial charge in [-0.2, -0.15) is 0 Å².